The third kappa shape index (κ3) is 1.52. The summed E-state index contributed by atoms with van der Waals surface area (Å²) in [6.07, 6.45) is 1.08. The lowest BCUT2D eigenvalue weighted by atomic mass is 10.1. The molecular weight excluding hydrogens is 268 g/mol. The first-order valence-corrected chi connectivity index (χ1v) is 7.54. The van der Waals surface area contributed by atoms with Gasteiger partial charge in [-0.25, -0.2) is 0 Å². The zero-order valence-electron chi connectivity index (χ0n) is 8.03. The summed E-state index contributed by atoms with van der Waals surface area (Å²) in [4.78, 5) is 1.28. The molecule has 0 fully saturated rings. The molecule has 0 amide bonds. The van der Waals surface area contributed by atoms with Gasteiger partial charge in [0, 0.05) is 4.90 Å². The van der Waals surface area contributed by atoms with Gasteiger partial charge in [-0.15, -0.1) is 0 Å². The maximum absolute atomic E-state index is 3.42. The van der Waals surface area contributed by atoms with E-state index in [-0.39, 0.29) is 0 Å². The molecule has 0 N–H and O–H groups in total. The highest BCUT2D eigenvalue weighted by Crippen LogP contribution is 2.38. The molecule has 1 aliphatic carbocycles. The summed E-state index contributed by atoms with van der Waals surface area (Å²) < 4.78 is 0. The predicted octanol–water partition coefficient (Wildman–Crippen LogP) is 4.66. The maximum Gasteiger partial charge on any atom is 0.0191 e. The van der Waals surface area contributed by atoms with Gasteiger partial charge in [0.25, 0.3) is 0 Å². The van der Waals surface area contributed by atoms with E-state index < -0.39 is 0 Å². The summed E-state index contributed by atoms with van der Waals surface area (Å²) in [5.41, 5.74) is 5.69. The lowest BCUT2D eigenvalue weighted by Gasteiger charge is -2.01. The van der Waals surface area contributed by atoms with Crippen LogP contribution in [0.5, 0.6) is 0 Å². The van der Waals surface area contributed by atoms with Gasteiger partial charge in [0.05, 0.1) is 0 Å². The van der Waals surface area contributed by atoms with E-state index >= 15 is 0 Å². The largest absolute Gasteiger partial charge is 0.0619 e. The molecule has 0 atom stereocenters. The highest BCUT2D eigenvalue weighted by Gasteiger charge is 2.17. The van der Waals surface area contributed by atoms with Crippen molar-refractivity contribution in [2.45, 2.75) is 11.3 Å². The highest BCUT2D eigenvalue weighted by molar-refractivity contribution is 9.50. The Balaban J connectivity index is 2.18. The lowest BCUT2D eigenvalue weighted by Crippen LogP contribution is -1.79. The Hall–Kier alpha value is -0.730. The fourth-order valence-corrected chi connectivity index (χ4v) is 3.08. The first-order valence-electron chi connectivity index (χ1n) is 4.88. The first-order chi connectivity index (χ1) is 7.38. The van der Waals surface area contributed by atoms with E-state index in [0.29, 0.717) is 0 Å². The van der Waals surface area contributed by atoms with Crippen molar-refractivity contribution >= 4 is 25.0 Å². The van der Waals surface area contributed by atoms with Crippen molar-refractivity contribution in [1.82, 2.24) is 0 Å². The number of halogens is 1. The summed E-state index contributed by atoms with van der Waals surface area (Å²) in [7, 11) is 1.63. The van der Waals surface area contributed by atoms with Crippen LogP contribution in [0.25, 0.3) is 11.1 Å². The molecule has 0 bridgehead atoms. The molecule has 2 aromatic rings. The standard InChI is InChI=1S/C13H9BrS/c14-15-11-5-6-13-10(8-11)7-9-3-1-2-4-12(9)13/h1-6,8H,7H2. The number of hydrogen-bond donors (Lipinski definition) is 0. The van der Waals surface area contributed by atoms with Crippen LogP contribution in [-0.4, -0.2) is 0 Å². The fraction of sp³-hybridized carbons (Fsp3) is 0.0769. The Labute approximate surface area is 101 Å². The van der Waals surface area contributed by atoms with E-state index in [0.717, 1.165) is 6.42 Å². The third-order valence-corrected chi connectivity index (χ3v) is 4.41. The van der Waals surface area contributed by atoms with Crippen LogP contribution in [0.15, 0.2) is 47.4 Å². The molecule has 2 heteroatoms. The number of hydrogen-bond acceptors (Lipinski definition) is 1. The molecule has 74 valence electrons. The van der Waals surface area contributed by atoms with Crippen LogP contribution in [0.2, 0.25) is 0 Å². The van der Waals surface area contributed by atoms with Gasteiger partial charge in [-0.05, 0) is 65.8 Å². The van der Waals surface area contributed by atoms with Crippen molar-refractivity contribution in [3.63, 3.8) is 0 Å². The van der Waals surface area contributed by atoms with Crippen LogP contribution in [0.1, 0.15) is 11.1 Å². The third-order valence-electron chi connectivity index (χ3n) is 2.85. The van der Waals surface area contributed by atoms with Crippen molar-refractivity contribution in [3.05, 3.63) is 53.6 Å². The van der Waals surface area contributed by atoms with Gasteiger partial charge in [-0.1, -0.05) is 30.3 Å². The van der Waals surface area contributed by atoms with Gasteiger partial charge >= 0.3 is 0 Å². The van der Waals surface area contributed by atoms with Crippen LogP contribution in [0, 0.1) is 0 Å². The van der Waals surface area contributed by atoms with Gasteiger partial charge in [0.2, 0.25) is 0 Å². The van der Waals surface area contributed by atoms with E-state index in [4.69, 9.17) is 0 Å². The van der Waals surface area contributed by atoms with Crippen molar-refractivity contribution in [2.24, 2.45) is 0 Å². The molecule has 0 heterocycles. The Kier molecular flexibility index (Phi) is 2.33. The molecule has 1 aliphatic rings. The molecule has 0 saturated carbocycles. The summed E-state index contributed by atoms with van der Waals surface area (Å²) in [6, 6.07) is 15.3. The summed E-state index contributed by atoms with van der Waals surface area (Å²) in [5, 5.41) is 0. The molecule has 0 spiro atoms. The first kappa shape index (κ1) is 9.49. The van der Waals surface area contributed by atoms with E-state index in [1.54, 1.807) is 10.2 Å². The van der Waals surface area contributed by atoms with Crippen molar-refractivity contribution < 1.29 is 0 Å². The van der Waals surface area contributed by atoms with Crippen LogP contribution < -0.4 is 0 Å². The normalized spacial score (nSPS) is 12.3. The van der Waals surface area contributed by atoms with Gasteiger partial charge in [0.1, 0.15) is 0 Å². The molecule has 3 rings (SSSR count). The lowest BCUT2D eigenvalue weighted by molar-refractivity contribution is 1.24. The minimum atomic E-state index is 1.08. The summed E-state index contributed by atoms with van der Waals surface area (Å²) in [5.74, 6) is 0. The zero-order chi connectivity index (χ0) is 10.3. The molecule has 0 nitrogen and oxygen atoms in total. The van der Waals surface area contributed by atoms with Crippen molar-refractivity contribution in [2.75, 3.05) is 0 Å². The summed E-state index contributed by atoms with van der Waals surface area (Å²) >= 11 is 3.42. The molecular formula is C13H9BrS. The second kappa shape index (κ2) is 3.69. The minimum Gasteiger partial charge on any atom is -0.0619 e. The van der Waals surface area contributed by atoms with Crippen LogP contribution in [-0.2, 0) is 6.42 Å². The molecule has 0 aliphatic heterocycles. The zero-order valence-corrected chi connectivity index (χ0v) is 10.4. The Morgan fingerprint density at radius 3 is 2.60 bits per heavy atom. The second-order valence-electron chi connectivity index (χ2n) is 3.73. The average molecular weight is 277 g/mol. The molecule has 0 aromatic heterocycles. The van der Waals surface area contributed by atoms with Gasteiger partial charge < -0.3 is 0 Å². The number of benzene rings is 2. The van der Waals surface area contributed by atoms with E-state index in [2.05, 4.69) is 57.3 Å². The molecule has 2 aromatic carbocycles. The summed E-state index contributed by atoms with van der Waals surface area (Å²) in [6.45, 7) is 0. The van der Waals surface area contributed by atoms with E-state index in [1.165, 1.54) is 27.1 Å². The average Bonchev–Trinajstić information content (AvgIpc) is 2.66. The van der Waals surface area contributed by atoms with Crippen LogP contribution in [0.4, 0.5) is 0 Å². The van der Waals surface area contributed by atoms with Gasteiger partial charge in [-0.3, -0.25) is 0 Å². The van der Waals surface area contributed by atoms with E-state index in [1.807, 2.05) is 0 Å². The van der Waals surface area contributed by atoms with E-state index in [9.17, 15) is 0 Å². The van der Waals surface area contributed by atoms with Crippen LogP contribution >= 0.6 is 25.0 Å². The van der Waals surface area contributed by atoms with Crippen molar-refractivity contribution in [1.29, 1.82) is 0 Å². The molecule has 0 saturated heterocycles. The molecule has 0 unspecified atom stereocenters. The molecule has 0 radical (unpaired) electrons. The topological polar surface area (TPSA) is 0 Å². The quantitative estimate of drug-likeness (QED) is 0.623. The second-order valence-corrected chi connectivity index (χ2v) is 5.33. The Morgan fingerprint density at radius 1 is 0.933 bits per heavy atom. The Bertz CT molecular complexity index is 520. The highest BCUT2D eigenvalue weighted by atomic mass is 79.9. The Morgan fingerprint density at radius 2 is 1.73 bits per heavy atom. The maximum atomic E-state index is 3.42. The smallest absolute Gasteiger partial charge is 0.0191 e. The predicted molar refractivity (Wildman–Crippen MR) is 69.5 cm³/mol. The van der Waals surface area contributed by atoms with Gasteiger partial charge in [-0.2, -0.15) is 0 Å². The van der Waals surface area contributed by atoms with Crippen molar-refractivity contribution in [3.8, 4) is 11.1 Å². The SMILES string of the molecule is BrSc1ccc2c(c1)Cc1ccccc1-2. The fourth-order valence-electron chi connectivity index (χ4n) is 2.17. The minimum absolute atomic E-state index is 1.08. The number of fused-ring (bicyclic) bond motifs is 3. The number of rotatable bonds is 1. The van der Waals surface area contributed by atoms with Crippen LogP contribution in [0.3, 0.4) is 0 Å². The molecule has 15 heavy (non-hydrogen) atoms. The monoisotopic (exact) mass is 276 g/mol. The van der Waals surface area contributed by atoms with Gasteiger partial charge in [0.15, 0.2) is 0 Å².